The minimum atomic E-state index is -4.67. The number of benzene rings is 1. The van der Waals surface area contributed by atoms with Crippen LogP contribution in [0, 0.1) is 6.92 Å². The normalized spacial score (nSPS) is 19.8. The summed E-state index contributed by atoms with van der Waals surface area (Å²) >= 11 is 0. The maximum Gasteiger partial charge on any atom is 0.573 e. The Morgan fingerprint density at radius 1 is 1.42 bits per heavy atom. The lowest BCUT2D eigenvalue weighted by atomic mass is 10.1. The molecule has 0 aliphatic carbocycles. The molecule has 1 aromatic carbocycles. The standard InChI is InChI=1S/C13H16F3NO2/c1-9-7-10(17-6-2-3-11(17)8-18)4-5-12(9)19-13(14,15)16/h4-5,7,11,18H,2-3,6,8H2,1H3/t11-/m1/s1. The minimum Gasteiger partial charge on any atom is -0.406 e. The van der Waals surface area contributed by atoms with Crippen molar-refractivity contribution in [2.75, 3.05) is 18.1 Å². The highest BCUT2D eigenvalue weighted by atomic mass is 19.4. The Balaban J connectivity index is 2.19. The van der Waals surface area contributed by atoms with E-state index >= 15 is 0 Å². The number of rotatable bonds is 3. The predicted octanol–water partition coefficient (Wildman–Crippen LogP) is 2.85. The van der Waals surface area contributed by atoms with Gasteiger partial charge in [-0.3, -0.25) is 0 Å². The molecular formula is C13H16F3NO2. The van der Waals surface area contributed by atoms with Gasteiger partial charge in [-0.25, -0.2) is 0 Å². The number of ether oxygens (including phenoxy) is 1. The summed E-state index contributed by atoms with van der Waals surface area (Å²) in [5.74, 6) is -0.184. The summed E-state index contributed by atoms with van der Waals surface area (Å²) in [6.45, 7) is 2.44. The molecule has 3 nitrogen and oxygen atoms in total. The van der Waals surface area contributed by atoms with Crippen LogP contribution in [0.3, 0.4) is 0 Å². The first kappa shape index (κ1) is 14.0. The zero-order valence-corrected chi connectivity index (χ0v) is 10.6. The summed E-state index contributed by atoms with van der Waals surface area (Å²) in [6, 6.07) is 4.64. The molecule has 0 radical (unpaired) electrons. The summed E-state index contributed by atoms with van der Waals surface area (Å²) in [5.41, 5.74) is 1.25. The quantitative estimate of drug-likeness (QED) is 0.920. The molecule has 1 saturated heterocycles. The van der Waals surface area contributed by atoms with Gasteiger partial charge in [-0.15, -0.1) is 13.2 Å². The first-order chi connectivity index (χ1) is 8.90. The topological polar surface area (TPSA) is 32.7 Å². The van der Waals surface area contributed by atoms with Gasteiger partial charge in [0.25, 0.3) is 0 Å². The Kier molecular flexibility index (Phi) is 3.89. The van der Waals surface area contributed by atoms with Crippen LogP contribution in [0.5, 0.6) is 5.75 Å². The van der Waals surface area contributed by atoms with Crippen molar-refractivity contribution in [3.8, 4) is 5.75 Å². The Morgan fingerprint density at radius 3 is 2.74 bits per heavy atom. The van der Waals surface area contributed by atoms with E-state index in [1.54, 1.807) is 19.1 Å². The Morgan fingerprint density at radius 2 is 2.16 bits per heavy atom. The zero-order valence-electron chi connectivity index (χ0n) is 10.6. The lowest BCUT2D eigenvalue weighted by Crippen LogP contribution is -2.32. The highest BCUT2D eigenvalue weighted by Crippen LogP contribution is 2.32. The summed E-state index contributed by atoms with van der Waals surface area (Å²) in [6.07, 6.45) is -2.80. The lowest BCUT2D eigenvalue weighted by Gasteiger charge is -2.26. The maximum absolute atomic E-state index is 12.2. The smallest absolute Gasteiger partial charge is 0.406 e. The Hall–Kier alpha value is -1.43. The highest BCUT2D eigenvalue weighted by molar-refractivity contribution is 5.54. The van der Waals surface area contributed by atoms with E-state index in [9.17, 15) is 18.3 Å². The molecule has 0 spiro atoms. The van der Waals surface area contributed by atoms with E-state index in [4.69, 9.17) is 0 Å². The van der Waals surface area contributed by atoms with Gasteiger partial charge in [-0.1, -0.05) is 0 Å². The summed E-state index contributed by atoms with van der Waals surface area (Å²) in [4.78, 5) is 2.02. The van der Waals surface area contributed by atoms with Crippen molar-refractivity contribution >= 4 is 5.69 Å². The third-order valence-corrected chi connectivity index (χ3v) is 3.30. The number of anilines is 1. The summed E-state index contributed by atoms with van der Waals surface area (Å²) in [5, 5.41) is 9.26. The molecule has 0 bridgehead atoms. The van der Waals surface area contributed by atoms with Gasteiger partial charge in [-0.05, 0) is 43.5 Å². The first-order valence-corrected chi connectivity index (χ1v) is 6.14. The van der Waals surface area contributed by atoms with Crippen LogP contribution in [0.4, 0.5) is 18.9 Å². The number of aliphatic hydroxyl groups excluding tert-OH is 1. The van der Waals surface area contributed by atoms with E-state index in [0.29, 0.717) is 5.56 Å². The second-order valence-electron chi connectivity index (χ2n) is 4.67. The Bertz CT molecular complexity index is 448. The zero-order chi connectivity index (χ0) is 14.0. The second-order valence-corrected chi connectivity index (χ2v) is 4.67. The van der Waals surface area contributed by atoms with Crippen molar-refractivity contribution < 1.29 is 23.0 Å². The number of nitrogens with zero attached hydrogens (tertiary/aromatic N) is 1. The molecule has 1 aliphatic heterocycles. The van der Waals surface area contributed by atoms with Crippen molar-refractivity contribution in [3.63, 3.8) is 0 Å². The van der Waals surface area contributed by atoms with Crippen molar-refractivity contribution in [2.24, 2.45) is 0 Å². The number of halogens is 3. The van der Waals surface area contributed by atoms with Crippen LogP contribution in [0.1, 0.15) is 18.4 Å². The molecule has 0 amide bonds. The Labute approximate surface area is 109 Å². The van der Waals surface area contributed by atoms with Gasteiger partial charge in [0, 0.05) is 12.2 Å². The van der Waals surface area contributed by atoms with Crippen LogP contribution in [-0.4, -0.2) is 30.7 Å². The molecule has 1 aliphatic rings. The van der Waals surface area contributed by atoms with Crippen molar-refractivity contribution in [1.29, 1.82) is 0 Å². The van der Waals surface area contributed by atoms with Crippen LogP contribution < -0.4 is 9.64 Å². The number of aryl methyl sites for hydroxylation is 1. The third-order valence-electron chi connectivity index (χ3n) is 3.30. The predicted molar refractivity (Wildman–Crippen MR) is 65.3 cm³/mol. The van der Waals surface area contributed by atoms with E-state index in [1.807, 2.05) is 4.90 Å². The molecule has 1 atom stereocenters. The second kappa shape index (κ2) is 5.28. The minimum absolute atomic E-state index is 0.0498. The molecule has 1 N–H and O–H groups in total. The van der Waals surface area contributed by atoms with E-state index in [2.05, 4.69) is 4.74 Å². The lowest BCUT2D eigenvalue weighted by molar-refractivity contribution is -0.274. The third kappa shape index (κ3) is 3.32. The fraction of sp³-hybridized carbons (Fsp3) is 0.538. The molecule has 0 unspecified atom stereocenters. The fourth-order valence-corrected chi connectivity index (χ4v) is 2.42. The number of aliphatic hydroxyl groups is 1. The first-order valence-electron chi connectivity index (χ1n) is 6.14. The average Bonchev–Trinajstić information content (AvgIpc) is 2.78. The van der Waals surface area contributed by atoms with Gasteiger partial charge in [0.2, 0.25) is 0 Å². The van der Waals surface area contributed by atoms with Crippen LogP contribution in [0.25, 0.3) is 0 Å². The van der Waals surface area contributed by atoms with E-state index < -0.39 is 6.36 Å². The SMILES string of the molecule is Cc1cc(N2CCC[C@@H]2CO)ccc1OC(F)(F)F. The number of hydrogen-bond donors (Lipinski definition) is 1. The molecule has 1 heterocycles. The van der Waals surface area contributed by atoms with Gasteiger partial charge in [0.1, 0.15) is 5.75 Å². The molecule has 106 valence electrons. The van der Waals surface area contributed by atoms with E-state index in [0.717, 1.165) is 25.1 Å². The van der Waals surface area contributed by atoms with Crippen molar-refractivity contribution in [3.05, 3.63) is 23.8 Å². The van der Waals surface area contributed by atoms with Gasteiger partial charge >= 0.3 is 6.36 Å². The van der Waals surface area contributed by atoms with Gasteiger partial charge in [0.15, 0.2) is 0 Å². The van der Waals surface area contributed by atoms with Crippen molar-refractivity contribution in [1.82, 2.24) is 0 Å². The van der Waals surface area contributed by atoms with Crippen LogP contribution in [-0.2, 0) is 0 Å². The van der Waals surface area contributed by atoms with Gasteiger partial charge < -0.3 is 14.7 Å². The van der Waals surface area contributed by atoms with Crippen molar-refractivity contribution in [2.45, 2.75) is 32.2 Å². The summed E-state index contributed by atoms with van der Waals surface area (Å²) < 4.78 is 40.5. The molecular weight excluding hydrogens is 259 g/mol. The van der Waals surface area contributed by atoms with Gasteiger partial charge in [-0.2, -0.15) is 0 Å². The molecule has 19 heavy (non-hydrogen) atoms. The van der Waals surface area contributed by atoms with Crippen LogP contribution in [0.2, 0.25) is 0 Å². The summed E-state index contributed by atoms with van der Waals surface area (Å²) in [7, 11) is 0. The van der Waals surface area contributed by atoms with E-state index in [-0.39, 0.29) is 18.4 Å². The largest absolute Gasteiger partial charge is 0.573 e. The molecule has 0 saturated carbocycles. The number of hydrogen-bond acceptors (Lipinski definition) is 3. The molecule has 1 aromatic rings. The molecule has 6 heteroatoms. The fourth-order valence-electron chi connectivity index (χ4n) is 2.42. The molecule has 2 rings (SSSR count). The average molecular weight is 275 g/mol. The van der Waals surface area contributed by atoms with E-state index in [1.165, 1.54) is 6.07 Å². The maximum atomic E-state index is 12.2. The van der Waals surface area contributed by atoms with Crippen LogP contribution >= 0.6 is 0 Å². The number of alkyl halides is 3. The molecule has 0 aromatic heterocycles. The monoisotopic (exact) mass is 275 g/mol. The van der Waals surface area contributed by atoms with Gasteiger partial charge in [0.05, 0.1) is 12.6 Å². The van der Waals surface area contributed by atoms with Crippen LogP contribution in [0.15, 0.2) is 18.2 Å². The molecule has 1 fully saturated rings. The highest BCUT2D eigenvalue weighted by Gasteiger charge is 2.32.